The number of rotatable bonds is 5. The second-order valence-corrected chi connectivity index (χ2v) is 3.70. The first kappa shape index (κ1) is 9.78. The van der Waals surface area contributed by atoms with Crippen molar-refractivity contribution in [3.8, 4) is 0 Å². The molecule has 0 saturated heterocycles. The average Bonchev–Trinajstić information content (AvgIpc) is 1.78. The van der Waals surface area contributed by atoms with Gasteiger partial charge in [-0.25, -0.2) is 8.42 Å². The lowest BCUT2D eigenvalue weighted by atomic mass is 10.2. The summed E-state index contributed by atoms with van der Waals surface area (Å²) in [6, 6.07) is 0. The Balaban J connectivity index is 3.21. The van der Waals surface area contributed by atoms with E-state index in [0.29, 0.717) is 6.42 Å². The Bertz CT molecular complexity index is 160. The van der Waals surface area contributed by atoms with Crippen molar-refractivity contribution in [2.24, 2.45) is 0 Å². The van der Waals surface area contributed by atoms with Gasteiger partial charge in [-0.2, -0.15) is 0 Å². The predicted molar refractivity (Wildman–Crippen MR) is 38.4 cm³/mol. The highest BCUT2D eigenvalue weighted by Gasteiger charge is 1.94. The van der Waals surface area contributed by atoms with Gasteiger partial charge in [0, 0.05) is 5.75 Å². The minimum atomic E-state index is -3.97. The third kappa shape index (κ3) is 7.78. The van der Waals surface area contributed by atoms with Crippen molar-refractivity contribution in [2.75, 3.05) is 5.75 Å². The zero-order valence-corrected chi connectivity index (χ0v) is 6.69. The lowest BCUT2D eigenvalue weighted by Gasteiger charge is -2.04. The molecule has 0 radical (unpaired) electrons. The van der Waals surface area contributed by atoms with Crippen molar-refractivity contribution in [1.82, 2.24) is 0 Å². The van der Waals surface area contributed by atoms with E-state index >= 15 is 0 Å². The van der Waals surface area contributed by atoms with Gasteiger partial charge in [0.15, 0.2) is 0 Å². The molecule has 0 aliphatic heterocycles. The highest BCUT2D eigenvalue weighted by molar-refractivity contribution is 7.85. The fourth-order valence-electron chi connectivity index (χ4n) is 0.632. The number of hydrogen-bond acceptors (Lipinski definition) is 3. The van der Waals surface area contributed by atoms with Crippen LogP contribution in [0.2, 0.25) is 0 Å². The second kappa shape index (κ2) is 4.57. The number of hydrogen-bond donors (Lipinski definition) is 0. The molecule has 0 atom stereocenters. The van der Waals surface area contributed by atoms with E-state index in [-0.39, 0.29) is 5.75 Å². The van der Waals surface area contributed by atoms with Crippen molar-refractivity contribution in [1.29, 1.82) is 0 Å². The highest BCUT2D eigenvalue weighted by Crippen LogP contribution is 1.99. The first-order valence-corrected chi connectivity index (χ1v) is 4.87. The topological polar surface area (TPSA) is 57.2 Å². The third-order valence-corrected chi connectivity index (χ3v) is 1.93. The summed E-state index contributed by atoms with van der Waals surface area (Å²) in [4.78, 5) is 0. The summed E-state index contributed by atoms with van der Waals surface area (Å²) in [6.45, 7) is 3.59. The monoisotopic (exact) mass is 164 g/mol. The van der Waals surface area contributed by atoms with E-state index in [0.717, 1.165) is 19.3 Å². The van der Waals surface area contributed by atoms with Crippen LogP contribution in [0.25, 0.3) is 0 Å². The molecule has 0 amide bonds. The van der Waals surface area contributed by atoms with Crippen LogP contribution < -0.4 is 0 Å². The molecule has 0 saturated carbocycles. The van der Waals surface area contributed by atoms with Crippen molar-refractivity contribution in [3.05, 3.63) is 6.92 Å². The van der Waals surface area contributed by atoms with Gasteiger partial charge >= 0.3 is 0 Å². The zero-order valence-electron chi connectivity index (χ0n) is 5.88. The maximum absolute atomic E-state index is 10.0. The second-order valence-electron chi connectivity index (χ2n) is 2.18. The smallest absolute Gasteiger partial charge is 0.0945 e. The summed E-state index contributed by atoms with van der Waals surface area (Å²) in [7, 11) is -3.97. The molecule has 0 aromatic heterocycles. The van der Waals surface area contributed by atoms with E-state index in [1.54, 1.807) is 0 Å². The van der Waals surface area contributed by atoms with Gasteiger partial charge in [0.2, 0.25) is 0 Å². The van der Waals surface area contributed by atoms with Crippen LogP contribution in [0, 0.1) is 6.92 Å². The Kier molecular flexibility index (Phi) is 4.47. The molecular weight excluding hydrogens is 152 g/mol. The first-order valence-electron chi connectivity index (χ1n) is 3.29. The largest absolute Gasteiger partial charge is 0.748 e. The highest BCUT2D eigenvalue weighted by atomic mass is 32.2. The molecule has 0 N–H and O–H groups in total. The van der Waals surface area contributed by atoms with Crippen LogP contribution in [-0.4, -0.2) is 18.7 Å². The maximum Gasteiger partial charge on any atom is 0.0945 e. The number of unbranched alkanes of at least 4 members (excludes halogenated alkanes) is 3. The fourth-order valence-corrected chi connectivity index (χ4v) is 1.19. The summed E-state index contributed by atoms with van der Waals surface area (Å²) in [5.74, 6) is -0.229. The van der Waals surface area contributed by atoms with Gasteiger partial charge in [0.05, 0.1) is 23.5 Å². The average molecular weight is 164 g/mol. The third-order valence-electron chi connectivity index (χ3n) is 1.14. The van der Waals surface area contributed by atoms with Crippen molar-refractivity contribution in [2.45, 2.75) is 25.7 Å². The molecule has 0 bridgehead atoms. The standard InChI is InChI=1S/C6H12O3S/c1-2-3-4-5-6-10(7,8)9/h1-6H2. The van der Waals surface area contributed by atoms with Crippen LogP contribution in [0.3, 0.4) is 0 Å². The SMILES string of the molecule is [CH2+]CCCCCS(=O)(=O)[O-]. The van der Waals surface area contributed by atoms with E-state index < -0.39 is 10.1 Å². The van der Waals surface area contributed by atoms with Gasteiger partial charge in [0.1, 0.15) is 0 Å². The van der Waals surface area contributed by atoms with Gasteiger partial charge in [-0.3, -0.25) is 0 Å². The van der Waals surface area contributed by atoms with Crippen LogP contribution in [0.5, 0.6) is 0 Å². The van der Waals surface area contributed by atoms with E-state index in [1.165, 1.54) is 0 Å². The van der Waals surface area contributed by atoms with Gasteiger partial charge in [-0.05, 0) is 19.3 Å². The quantitative estimate of drug-likeness (QED) is 0.345. The molecule has 0 aromatic rings. The molecule has 60 valence electrons. The molecular formula is C6H12O3S. The van der Waals surface area contributed by atoms with E-state index in [1.807, 2.05) is 0 Å². The van der Waals surface area contributed by atoms with Gasteiger partial charge < -0.3 is 4.55 Å². The van der Waals surface area contributed by atoms with Crippen molar-refractivity contribution >= 4 is 10.1 Å². The molecule has 0 aromatic carbocycles. The normalized spacial score (nSPS) is 11.7. The summed E-state index contributed by atoms with van der Waals surface area (Å²) in [5.41, 5.74) is 0. The van der Waals surface area contributed by atoms with Crippen molar-refractivity contribution in [3.63, 3.8) is 0 Å². The van der Waals surface area contributed by atoms with Gasteiger partial charge in [-0.15, -0.1) is 0 Å². The Morgan fingerprint density at radius 2 is 1.80 bits per heavy atom. The van der Waals surface area contributed by atoms with E-state index in [2.05, 4.69) is 6.92 Å². The summed E-state index contributed by atoms with van der Waals surface area (Å²) < 4.78 is 30.1. The van der Waals surface area contributed by atoms with Crippen LogP contribution >= 0.6 is 0 Å². The molecule has 0 fully saturated rings. The molecule has 4 heteroatoms. The Hall–Kier alpha value is -0.220. The minimum absolute atomic E-state index is 0.229. The van der Waals surface area contributed by atoms with E-state index in [4.69, 9.17) is 0 Å². The van der Waals surface area contributed by atoms with Crippen LogP contribution in [0.1, 0.15) is 25.7 Å². The molecule has 0 aliphatic carbocycles. The minimum Gasteiger partial charge on any atom is -0.748 e. The fraction of sp³-hybridized carbons (Fsp3) is 0.833. The maximum atomic E-state index is 10.0. The van der Waals surface area contributed by atoms with Crippen molar-refractivity contribution < 1.29 is 13.0 Å². The summed E-state index contributed by atoms with van der Waals surface area (Å²) in [5, 5.41) is 0. The lowest BCUT2D eigenvalue weighted by molar-refractivity contribution is 0.460. The Labute approximate surface area is 62.2 Å². The van der Waals surface area contributed by atoms with Gasteiger partial charge in [-0.1, -0.05) is 0 Å². The zero-order chi connectivity index (χ0) is 8.04. The lowest BCUT2D eigenvalue weighted by Crippen LogP contribution is -2.03. The first-order chi connectivity index (χ1) is 4.56. The van der Waals surface area contributed by atoms with Gasteiger partial charge in [0.25, 0.3) is 0 Å². The van der Waals surface area contributed by atoms with Crippen LogP contribution in [-0.2, 0) is 10.1 Å². The Morgan fingerprint density at radius 1 is 1.20 bits per heavy atom. The molecule has 0 aliphatic rings. The summed E-state index contributed by atoms with van der Waals surface area (Å²) >= 11 is 0. The Morgan fingerprint density at radius 3 is 2.20 bits per heavy atom. The molecule has 3 nitrogen and oxygen atoms in total. The molecule has 10 heavy (non-hydrogen) atoms. The molecule has 0 unspecified atom stereocenters. The molecule has 0 spiro atoms. The molecule has 0 rings (SSSR count). The van der Waals surface area contributed by atoms with Crippen LogP contribution in [0.4, 0.5) is 0 Å². The molecule has 0 heterocycles. The van der Waals surface area contributed by atoms with Crippen LogP contribution in [0.15, 0.2) is 0 Å². The predicted octanol–water partition coefficient (Wildman–Crippen LogP) is 0.926. The van der Waals surface area contributed by atoms with E-state index in [9.17, 15) is 13.0 Å². The summed E-state index contributed by atoms with van der Waals surface area (Å²) in [6.07, 6.45) is 2.96.